The molecule has 2 aromatic carbocycles. The molecule has 8 heteroatoms. The number of imidazole rings is 1. The number of anilines is 1. The summed E-state index contributed by atoms with van der Waals surface area (Å²) in [6.45, 7) is 4.83. The van der Waals surface area contributed by atoms with Crippen LogP contribution in [0.2, 0.25) is 0 Å². The molecule has 2 N–H and O–H groups in total. The Morgan fingerprint density at radius 3 is 2.29 bits per heavy atom. The first-order valence-corrected chi connectivity index (χ1v) is 10.1. The van der Waals surface area contributed by atoms with Gasteiger partial charge < -0.3 is 10.3 Å². The van der Waals surface area contributed by atoms with Crippen molar-refractivity contribution in [2.24, 2.45) is 5.92 Å². The summed E-state index contributed by atoms with van der Waals surface area (Å²) in [5, 5.41) is 1.75. The highest BCUT2D eigenvalue weighted by molar-refractivity contribution is 6.20. The Hall–Kier alpha value is -3.78. The van der Waals surface area contributed by atoms with Gasteiger partial charge in [0.2, 0.25) is 0 Å². The molecule has 5 rings (SSSR count). The zero-order valence-electron chi connectivity index (χ0n) is 17.2. The third-order valence-electron chi connectivity index (χ3n) is 5.32. The number of pyridine rings is 1. The van der Waals surface area contributed by atoms with Crippen molar-refractivity contribution in [3.8, 4) is 0 Å². The lowest BCUT2D eigenvalue weighted by Crippen LogP contribution is -2.30. The van der Waals surface area contributed by atoms with Crippen LogP contribution in [0.25, 0.3) is 21.9 Å². The molecule has 156 valence electrons. The number of rotatable bonds is 5. The van der Waals surface area contributed by atoms with Gasteiger partial charge in [-0.25, -0.2) is 9.97 Å². The molecule has 1 aliphatic rings. The third-order valence-corrected chi connectivity index (χ3v) is 5.32. The minimum Gasteiger partial charge on any atom is -0.382 e. The number of amides is 2. The van der Waals surface area contributed by atoms with E-state index in [0.717, 1.165) is 21.5 Å². The number of aromatic nitrogens is 3. The van der Waals surface area contributed by atoms with E-state index < -0.39 is 11.8 Å². The monoisotopic (exact) mass is 415 g/mol. The second-order valence-electron chi connectivity index (χ2n) is 7.97. The van der Waals surface area contributed by atoms with Crippen LogP contribution in [0.15, 0.2) is 48.5 Å². The van der Waals surface area contributed by atoms with Crippen LogP contribution in [0.3, 0.4) is 0 Å². The minimum absolute atomic E-state index is 0.0549. The molecule has 0 aliphatic carbocycles. The molecule has 0 saturated carbocycles. The predicted molar refractivity (Wildman–Crippen MR) is 116 cm³/mol. The maximum atomic E-state index is 12.6. The Balaban J connectivity index is 1.56. The maximum absolute atomic E-state index is 12.6. The topological polar surface area (TPSA) is 103 Å². The van der Waals surface area contributed by atoms with Crippen LogP contribution in [0.4, 0.5) is 5.82 Å². The molecule has 0 fully saturated rings. The first-order valence-electron chi connectivity index (χ1n) is 10.1. The number of benzene rings is 2. The number of para-hydroxylation sites is 1. The Bertz CT molecular complexity index is 1320. The van der Waals surface area contributed by atoms with Crippen molar-refractivity contribution in [1.29, 1.82) is 0 Å². The number of nitrogens with two attached hydrogens (primary N) is 1. The van der Waals surface area contributed by atoms with Crippen molar-refractivity contribution >= 4 is 39.6 Å². The van der Waals surface area contributed by atoms with Crippen LogP contribution in [0.5, 0.6) is 0 Å². The first kappa shape index (κ1) is 19.2. The second kappa shape index (κ2) is 7.17. The molecule has 2 aromatic heterocycles. The molecular formula is C23H21N5O3. The average molecular weight is 415 g/mol. The van der Waals surface area contributed by atoms with Gasteiger partial charge in [-0.3, -0.25) is 14.4 Å². The van der Waals surface area contributed by atoms with E-state index in [0.29, 0.717) is 40.7 Å². The fourth-order valence-corrected chi connectivity index (χ4v) is 3.98. The fraction of sp³-hybridized carbons (Fsp3) is 0.217. The van der Waals surface area contributed by atoms with E-state index in [1.165, 1.54) is 0 Å². The van der Waals surface area contributed by atoms with Gasteiger partial charge in [0.05, 0.1) is 22.2 Å². The molecule has 0 unspecified atom stereocenters. The molecule has 4 aromatic rings. The Kier molecular flexibility index (Phi) is 4.44. The summed E-state index contributed by atoms with van der Waals surface area (Å²) in [6.07, 6.45) is 0. The van der Waals surface area contributed by atoms with E-state index in [1.807, 2.05) is 28.8 Å². The number of hydrogen-bond donors (Lipinski definition) is 1. The van der Waals surface area contributed by atoms with E-state index in [2.05, 4.69) is 23.8 Å². The second-order valence-corrected chi connectivity index (χ2v) is 7.97. The van der Waals surface area contributed by atoms with Gasteiger partial charge in [-0.05, 0) is 24.1 Å². The molecule has 0 saturated heterocycles. The Labute approximate surface area is 178 Å². The Morgan fingerprint density at radius 1 is 0.968 bits per heavy atom. The molecule has 3 heterocycles. The van der Waals surface area contributed by atoms with Crippen molar-refractivity contribution in [2.75, 3.05) is 5.73 Å². The molecule has 0 atom stereocenters. The number of nitrogens with zero attached hydrogens (tertiary/aromatic N) is 4. The summed E-state index contributed by atoms with van der Waals surface area (Å²) in [7, 11) is 0. The van der Waals surface area contributed by atoms with E-state index in [1.54, 1.807) is 24.3 Å². The molecule has 1 aliphatic heterocycles. The molecule has 0 radical (unpaired) electrons. The zero-order chi connectivity index (χ0) is 21.7. The zero-order valence-corrected chi connectivity index (χ0v) is 17.2. The third kappa shape index (κ3) is 3.03. The SMILES string of the molecule is CC(C)Cn1c(CON2C(=O)c3ccccc3C2=O)nc2c(N)nc3ccccc3c21. The van der Waals surface area contributed by atoms with Crippen LogP contribution >= 0.6 is 0 Å². The standard InChI is InChI=1S/C23H21N5O3/c1-13(2)11-27-18(12-31-28-22(29)14-7-3-4-8-15(14)23(28)30)26-19-20(27)16-9-5-6-10-17(16)25-21(19)24/h3-10,13H,11-12H2,1-2H3,(H2,24,25). The first-order chi connectivity index (χ1) is 15.0. The van der Waals surface area contributed by atoms with E-state index in [-0.39, 0.29) is 6.61 Å². The number of nitrogen functional groups attached to an aromatic ring is 1. The van der Waals surface area contributed by atoms with E-state index in [4.69, 9.17) is 10.6 Å². The van der Waals surface area contributed by atoms with Gasteiger partial charge in [-0.2, -0.15) is 0 Å². The molecule has 8 nitrogen and oxygen atoms in total. The van der Waals surface area contributed by atoms with Crippen molar-refractivity contribution in [3.05, 3.63) is 65.5 Å². The van der Waals surface area contributed by atoms with Crippen LogP contribution in [-0.4, -0.2) is 31.4 Å². The van der Waals surface area contributed by atoms with Gasteiger partial charge in [0.1, 0.15) is 17.9 Å². The summed E-state index contributed by atoms with van der Waals surface area (Å²) in [6, 6.07) is 14.4. The van der Waals surface area contributed by atoms with Gasteiger partial charge in [-0.15, -0.1) is 5.06 Å². The van der Waals surface area contributed by atoms with Gasteiger partial charge in [0.15, 0.2) is 5.82 Å². The number of fused-ring (bicyclic) bond motifs is 4. The summed E-state index contributed by atoms with van der Waals surface area (Å²) >= 11 is 0. The van der Waals surface area contributed by atoms with Gasteiger partial charge in [0, 0.05) is 11.9 Å². The summed E-state index contributed by atoms with van der Waals surface area (Å²) in [5.74, 6) is 0.282. The number of hydroxylamine groups is 2. The highest BCUT2D eigenvalue weighted by Gasteiger charge is 2.36. The Morgan fingerprint density at radius 2 is 1.61 bits per heavy atom. The summed E-state index contributed by atoms with van der Waals surface area (Å²) in [4.78, 5) is 40.1. The maximum Gasteiger partial charge on any atom is 0.285 e. The average Bonchev–Trinajstić information content (AvgIpc) is 3.23. The van der Waals surface area contributed by atoms with Crippen LogP contribution in [-0.2, 0) is 18.0 Å². The molecule has 0 bridgehead atoms. The molecular weight excluding hydrogens is 394 g/mol. The van der Waals surface area contributed by atoms with Crippen LogP contribution < -0.4 is 5.73 Å². The molecule has 31 heavy (non-hydrogen) atoms. The number of hydrogen-bond acceptors (Lipinski definition) is 6. The van der Waals surface area contributed by atoms with Gasteiger partial charge in [-0.1, -0.05) is 44.2 Å². The fourth-order valence-electron chi connectivity index (χ4n) is 3.98. The van der Waals surface area contributed by atoms with Crippen LogP contribution in [0.1, 0.15) is 40.4 Å². The minimum atomic E-state index is -0.473. The van der Waals surface area contributed by atoms with Gasteiger partial charge >= 0.3 is 0 Å². The lowest BCUT2D eigenvalue weighted by molar-refractivity contribution is -0.103. The summed E-state index contributed by atoms with van der Waals surface area (Å²) in [5.41, 5.74) is 9.12. The van der Waals surface area contributed by atoms with Crippen LogP contribution in [0, 0.1) is 5.92 Å². The highest BCUT2D eigenvalue weighted by Crippen LogP contribution is 2.30. The largest absolute Gasteiger partial charge is 0.382 e. The van der Waals surface area contributed by atoms with Crippen molar-refractivity contribution in [3.63, 3.8) is 0 Å². The molecule has 2 amide bonds. The summed E-state index contributed by atoms with van der Waals surface area (Å²) < 4.78 is 2.04. The quantitative estimate of drug-likeness (QED) is 0.500. The lowest BCUT2D eigenvalue weighted by atomic mass is 10.1. The lowest BCUT2D eigenvalue weighted by Gasteiger charge is -2.16. The van der Waals surface area contributed by atoms with E-state index >= 15 is 0 Å². The molecule has 0 spiro atoms. The highest BCUT2D eigenvalue weighted by atomic mass is 16.7. The van der Waals surface area contributed by atoms with E-state index in [9.17, 15) is 9.59 Å². The smallest absolute Gasteiger partial charge is 0.285 e. The van der Waals surface area contributed by atoms with Crippen molar-refractivity contribution in [2.45, 2.75) is 27.0 Å². The van der Waals surface area contributed by atoms with Crippen molar-refractivity contribution < 1.29 is 14.4 Å². The normalized spacial score (nSPS) is 13.7. The predicted octanol–water partition coefficient (Wildman–Crippen LogP) is 3.55. The number of imide groups is 1. The van der Waals surface area contributed by atoms with Gasteiger partial charge in [0.25, 0.3) is 11.8 Å². The van der Waals surface area contributed by atoms with Crippen molar-refractivity contribution in [1.82, 2.24) is 19.6 Å². The number of carbonyl (C=O) groups excluding carboxylic acids is 2. The number of carbonyl (C=O) groups is 2.